The second-order valence-corrected chi connectivity index (χ2v) is 10.7. The number of imidazole rings is 1. The molecule has 2 N–H and O–H groups in total. The normalized spacial score (nSPS) is 14.0. The topological polar surface area (TPSA) is 153 Å². The number of benzene rings is 2. The number of hydrogen-bond acceptors (Lipinski definition) is 7. The smallest absolute Gasteiger partial charge is 0.337 e. The van der Waals surface area contributed by atoms with Gasteiger partial charge in [0.25, 0.3) is 0 Å². The molecular weight excluding hydrogens is 546 g/mol. The average molecular weight is 586 g/mol. The van der Waals surface area contributed by atoms with E-state index in [1.165, 1.54) is 13.2 Å². The van der Waals surface area contributed by atoms with Gasteiger partial charge in [-0.1, -0.05) is 50.0 Å². The maximum absolute atomic E-state index is 14.2. The molecule has 3 aromatic rings. The zero-order chi connectivity index (χ0) is 30.8. The highest BCUT2D eigenvalue weighted by atomic mass is 16.5. The largest absolute Gasteiger partial charge is 0.465 e. The predicted molar refractivity (Wildman–Crippen MR) is 164 cm³/mol. The van der Waals surface area contributed by atoms with Gasteiger partial charge in [-0.3, -0.25) is 9.59 Å². The number of unbranched alkanes of at least 4 members (excludes halogenated alkanes) is 2. The maximum atomic E-state index is 14.2. The van der Waals surface area contributed by atoms with Gasteiger partial charge in [-0.2, -0.15) is 0 Å². The molecular formula is C32H39N7O4. The van der Waals surface area contributed by atoms with Crippen LogP contribution in [0.15, 0.2) is 47.7 Å². The van der Waals surface area contributed by atoms with Crippen LogP contribution in [-0.2, 0) is 28.9 Å². The summed E-state index contributed by atoms with van der Waals surface area (Å²) in [5.74, 6) is -0.348. The number of nitrogens with zero attached hydrogens (tertiary/aromatic N) is 5. The minimum Gasteiger partial charge on any atom is -0.465 e. The summed E-state index contributed by atoms with van der Waals surface area (Å²) in [5.41, 5.74) is 12.8. The first-order valence-corrected chi connectivity index (χ1v) is 14.8. The van der Waals surface area contributed by atoms with Gasteiger partial charge in [0.05, 0.1) is 19.1 Å². The summed E-state index contributed by atoms with van der Waals surface area (Å²) >= 11 is 0. The number of H-pyrrole nitrogens is 1. The maximum Gasteiger partial charge on any atom is 0.337 e. The van der Waals surface area contributed by atoms with Crippen molar-refractivity contribution < 1.29 is 19.1 Å². The van der Waals surface area contributed by atoms with Crippen molar-refractivity contribution in [3.05, 3.63) is 86.5 Å². The van der Waals surface area contributed by atoms with Crippen LogP contribution in [0.5, 0.6) is 0 Å². The lowest BCUT2D eigenvalue weighted by molar-refractivity contribution is -0.130. The zero-order valence-electron chi connectivity index (χ0n) is 25.1. The van der Waals surface area contributed by atoms with E-state index in [1.807, 2.05) is 17.0 Å². The number of esters is 1. The molecule has 0 aliphatic carbocycles. The van der Waals surface area contributed by atoms with Crippen LogP contribution in [0.2, 0.25) is 0 Å². The van der Waals surface area contributed by atoms with Gasteiger partial charge in [0.1, 0.15) is 5.82 Å². The van der Waals surface area contributed by atoms with Crippen molar-refractivity contribution in [1.82, 2.24) is 20.2 Å². The molecule has 1 unspecified atom stereocenters. The van der Waals surface area contributed by atoms with Crippen molar-refractivity contribution in [2.75, 3.05) is 26.7 Å². The molecule has 0 saturated heterocycles. The highest BCUT2D eigenvalue weighted by Crippen LogP contribution is 2.29. The molecule has 2 heterocycles. The van der Waals surface area contributed by atoms with Crippen LogP contribution < -0.4 is 5.32 Å². The Morgan fingerprint density at radius 3 is 2.58 bits per heavy atom. The highest BCUT2D eigenvalue weighted by molar-refractivity contribution is 6.14. The standard InChI is InChI=1S/C32H39N7O4/c1-4-6-13-39(14-7-5-2)29(40)17-24-19-35-31(37-24)26-12-11-21(32(42)43-3)15-28(26)30(41)25-10-8-9-22-18-34-23(16-27(22)25)20-36-38-33/h8-12,15,19,23,34H,4-7,13-14,16-18,20H2,1-3H3,(H,35,37). The molecule has 0 saturated carbocycles. The third-order valence-corrected chi connectivity index (χ3v) is 7.74. The lowest BCUT2D eigenvalue weighted by atomic mass is 9.86. The fraction of sp³-hybridized carbons (Fsp3) is 0.438. The number of carbonyl (C=O) groups is 3. The van der Waals surface area contributed by atoms with E-state index in [1.54, 1.807) is 24.4 Å². The van der Waals surface area contributed by atoms with E-state index in [4.69, 9.17) is 10.3 Å². The van der Waals surface area contributed by atoms with Gasteiger partial charge in [0, 0.05) is 65.7 Å². The van der Waals surface area contributed by atoms with E-state index in [-0.39, 0.29) is 36.3 Å². The summed E-state index contributed by atoms with van der Waals surface area (Å²) in [6.45, 7) is 6.48. The molecule has 11 nitrogen and oxygen atoms in total. The Kier molecular flexibility index (Phi) is 11.1. The molecule has 1 atom stereocenters. The van der Waals surface area contributed by atoms with Gasteiger partial charge in [-0.05, 0) is 54.1 Å². The summed E-state index contributed by atoms with van der Waals surface area (Å²) in [4.78, 5) is 52.4. The van der Waals surface area contributed by atoms with Crippen LogP contribution in [0.1, 0.15) is 82.6 Å². The highest BCUT2D eigenvalue weighted by Gasteiger charge is 2.26. The molecule has 4 rings (SSSR count). The molecule has 0 bridgehead atoms. The van der Waals surface area contributed by atoms with Gasteiger partial charge < -0.3 is 19.9 Å². The van der Waals surface area contributed by atoms with Crippen LogP contribution in [-0.4, -0.2) is 65.3 Å². The summed E-state index contributed by atoms with van der Waals surface area (Å²) in [7, 11) is 1.29. The molecule has 0 radical (unpaired) electrons. The number of ketones is 1. The third-order valence-electron chi connectivity index (χ3n) is 7.74. The van der Waals surface area contributed by atoms with Crippen molar-refractivity contribution in [3.63, 3.8) is 0 Å². The summed E-state index contributed by atoms with van der Waals surface area (Å²) in [6, 6.07) is 10.3. The van der Waals surface area contributed by atoms with Crippen LogP contribution in [0.3, 0.4) is 0 Å². The Labute approximate surface area is 251 Å². The number of hydrogen-bond donors (Lipinski definition) is 2. The van der Waals surface area contributed by atoms with Crippen LogP contribution in [0, 0.1) is 0 Å². The fourth-order valence-electron chi connectivity index (χ4n) is 5.34. The summed E-state index contributed by atoms with van der Waals surface area (Å²) in [5, 5.41) is 7.05. The van der Waals surface area contributed by atoms with E-state index in [0.29, 0.717) is 41.2 Å². The van der Waals surface area contributed by atoms with Gasteiger partial charge in [-0.25, -0.2) is 9.78 Å². The monoisotopic (exact) mass is 585 g/mol. The molecule has 1 aliphatic heterocycles. The first-order valence-electron chi connectivity index (χ1n) is 14.8. The quantitative estimate of drug-likeness (QED) is 0.0850. The summed E-state index contributed by atoms with van der Waals surface area (Å²) < 4.78 is 4.93. The number of nitrogens with one attached hydrogen (secondary N) is 2. The minimum atomic E-state index is -0.556. The van der Waals surface area contributed by atoms with E-state index in [0.717, 1.165) is 49.9 Å². The summed E-state index contributed by atoms with van der Waals surface area (Å²) in [6.07, 6.45) is 6.25. The van der Waals surface area contributed by atoms with Crippen molar-refractivity contribution >= 4 is 17.7 Å². The molecule has 2 aromatic carbocycles. The Balaban J connectivity index is 1.68. The van der Waals surface area contributed by atoms with Gasteiger partial charge in [0.2, 0.25) is 5.91 Å². The Bertz CT molecular complexity index is 1500. The molecule has 226 valence electrons. The number of aromatic nitrogens is 2. The number of fused-ring (bicyclic) bond motifs is 1. The number of ether oxygens (including phenoxy) is 1. The molecule has 0 spiro atoms. The van der Waals surface area contributed by atoms with Crippen LogP contribution in [0.25, 0.3) is 21.8 Å². The average Bonchev–Trinajstić information content (AvgIpc) is 3.50. The number of rotatable bonds is 14. The third kappa shape index (κ3) is 7.68. The first-order chi connectivity index (χ1) is 20.9. The lowest BCUT2D eigenvalue weighted by Crippen LogP contribution is -2.38. The van der Waals surface area contributed by atoms with E-state index in [9.17, 15) is 14.4 Å². The van der Waals surface area contributed by atoms with Crippen LogP contribution >= 0.6 is 0 Å². The molecule has 1 aromatic heterocycles. The van der Waals surface area contributed by atoms with Crippen LogP contribution in [0.4, 0.5) is 0 Å². The molecule has 1 amide bonds. The van der Waals surface area contributed by atoms with Gasteiger partial charge >= 0.3 is 5.97 Å². The molecule has 1 aliphatic rings. The van der Waals surface area contributed by atoms with Gasteiger partial charge in [-0.15, -0.1) is 0 Å². The van der Waals surface area contributed by atoms with E-state index >= 15 is 0 Å². The van der Waals surface area contributed by atoms with Crippen molar-refractivity contribution in [2.45, 2.75) is 65.0 Å². The Morgan fingerprint density at radius 1 is 1.12 bits per heavy atom. The SMILES string of the molecule is CCCCN(CCCC)C(=O)Cc1cnc(-c2ccc(C(=O)OC)cc2C(=O)c2cccc3c2CC(CN=[N+]=[N-])NC3)[nH]1. The number of carbonyl (C=O) groups excluding carboxylic acids is 3. The second-order valence-electron chi connectivity index (χ2n) is 10.7. The number of aromatic amines is 1. The lowest BCUT2D eigenvalue weighted by Gasteiger charge is -2.27. The Morgan fingerprint density at radius 2 is 1.88 bits per heavy atom. The molecule has 11 heteroatoms. The number of methoxy groups -OCH3 is 1. The van der Waals surface area contributed by atoms with E-state index < -0.39 is 5.97 Å². The van der Waals surface area contributed by atoms with Crippen molar-refractivity contribution in [1.29, 1.82) is 0 Å². The number of azide groups is 1. The second kappa shape index (κ2) is 15.1. The Hall–Kier alpha value is -4.47. The molecule has 43 heavy (non-hydrogen) atoms. The van der Waals surface area contributed by atoms with E-state index in [2.05, 4.69) is 39.2 Å². The number of amides is 1. The zero-order valence-corrected chi connectivity index (χ0v) is 25.1. The van der Waals surface area contributed by atoms with Gasteiger partial charge in [0.15, 0.2) is 5.78 Å². The van der Waals surface area contributed by atoms with Crippen molar-refractivity contribution in [2.24, 2.45) is 5.11 Å². The fourth-order valence-corrected chi connectivity index (χ4v) is 5.34. The minimum absolute atomic E-state index is 0.0363. The predicted octanol–water partition coefficient (Wildman–Crippen LogP) is 5.39. The van der Waals surface area contributed by atoms with Crippen molar-refractivity contribution in [3.8, 4) is 11.4 Å². The molecule has 0 fully saturated rings. The first kappa shape index (κ1) is 31.5.